The number of methoxy groups -OCH3 is 1. The molecule has 0 aromatic heterocycles. The maximum atomic E-state index is 12.1. The Labute approximate surface area is 210 Å². The van der Waals surface area contributed by atoms with E-state index in [-0.39, 0.29) is 18.9 Å². The molecule has 200 valence electrons. The van der Waals surface area contributed by atoms with E-state index in [1.165, 1.54) is 89.9 Å². The Morgan fingerprint density at radius 3 is 1.79 bits per heavy atom. The molecule has 33 heavy (non-hydrogen) atoms. The summed E-state index contributed by atoms with van der Waals surface area (Å²) in [6.07, 6.45) is 19.9. The summed E-state index contributed by atoms with van der Waals surface area (Å²) in [4.78, 5) is 12.1. The first-order valence-electron chi connectivity index (χ1n) is 13.6. The van der Waals surface area contributed by atoms with Crippen molar-refractivity contribution >= 4 is 19.4 Å². The van der Waals surface area contributed by atoms with Crippen LogP contribution < -0.4 is 4.89 Å². The molecule has 1 unspecified atom stereocenters. The predicted octanol–water partition coefficient (Wildman–Crippen LogP) is 6.88. The van der Waals surface area contributed by atoms with E-state index in [1.807, 2.05) is 32.9 Å². The van der Waals surface area contributed by atoms with Crippen LogP contribution in [0.25, 0.3) is 0 Å². The fraction of sp³-hybridized carbons (Fsp3) is 1.00. The lowest BCUT2D eigenvalue weighted by atomic mass is 10.0. The first-order valence-corrected chi connectivity index (χ1v) is 16.4. The van der Waals surface area contributed by atoms with Crippen molar-refractivity contribution in [2.24, 2.45) is 0 Å². The molecule has 0 rings (SSSR count). The summed E-state index contributed by atoms with van der Waals surface area (Å²) in [6.45, 7) is 3.20. The lowest BCUT2D eigenvalue weighted by Gasteiger charge is -2.28. The molecule has 0 radical (unpaired) electrons. The molecule has 7 heteroatoms. The van der Waals surface area contributed by atoms with Crippen molar-refractivity contribution in [3.63, 3.8) is 0 Å². The molecule has 0 aromatic carbocycles. The van der Waals surface area contributed by atoms with Gasteiger partial charge in [0.1, 0.15) is 20.7 Å². The summed E-state index contributed by atoms with van der Waals surface area (Å²) in [5, 5.41) is 0. The molecule has 0 aliphatic carbocycles. The first-order chi connectivity index (χ1) is 15.7. The number of ether oxygens (including phenoxy) is 1. The van der Waals surface area contributed by atoms with Gasteiger partial charge in [0.25, 0.3) is 0 Å². The number of quaternary nitrogens is 1. The predicted molar refractivity (Wildman–Crippen MR) is 144 cm³/mol. The molecule has 0 spiro atoms. The highest BCUT2D eigenvalue weighted by Crippen LogP contribution is 2.38. The van der Waals surface area contributed by atoms with Crippen LogP contribution in [0.15, 0.2) is 0 Å². The van der Waals surface area contributed by atoms with Crippen molar-refractivity contribution in [2.75, 3.05) is 59.1 Å². The number of hydrogen-bond donors (Lipinski definition) is 0. The lowest BCUT2D eigenvalue weighted by Crippen LogP contribution is -2.37. The normalized spacial score (nSPS) is 15.0. The van der Waals surface area contributed by atoms with E-state index in [1.54, 1.807) is 7.11 Å². The van der Waals surface area contributed by atoms with Crippen molar-refractivity contribution in [1.82, 2.24) is 0 Å². The third-order valence-electron chi connectivity index (χ3n) is 6.05. The zero-order valence-corrected chi connectivity index (χ0v) is 24.4. The first kappa shape index (κ1) is 33.4. The quantitative estimate of drug-likeness (QED) is 0.0762. The minimum atomic E-state index is -3.77. The van der Waals surface area contributed by atoms with E-state index in [2.05, 4.69) is 6.92 Å². The minimum Gasteiger partial charge on any atom is -0.778 e. The Kier molecular flexibility index (Phi) is 22.0. The molecule has 0 aromatic rings. The Bertz CT molecular complexity index is 474. The summed E-state index contributed by atoms with van der Waals surface area (Å²) in [6, 6.07) is 0. The van der Waals surface area contributed by atoms with Crippen LogP contribution in [0.5, 0.6) is 0 Å². The number of nitrogens with zero attached hydrogens (tertiary/aromatic N) is 1. The number of rotatable bonds is 25. The molecule has 0 N–H and O–H groups in total. The largest absolute Gasteiger partial charge is 0.778 e. The molecule has 0 aliphatic rings. The monoisotopic (exact) mass is 509 g/mol. The number of likely N-dealkylation sites (N-methyl/N-ethyl adjacent to an activating group) is 1. The molecular formula is C26H56NO4PS. The number of unbranched alkanes of at least 4 members (excludes halogenated alkanes) is 13. The van der Waals surface area contributed by atoms with Gasteiger partial charge in [-0.15, -0.1) is 0 Å². The fourth-order valence-electron chi connectivity index (χ4n) is 3.70. The van der Waals surface area contributed by atoms with Gasteiger partial charge in [-0.2, -0.15) is 11.8 Å². The van der Waals surface area contributed by atoms with Crippen molar-refractivity contribution in [1.29, 1.82) is 0 Å². The van der Waals surface area contributed by atoms with E-state index < -0.39 is 7.60 Å². The average Bonchev–Trinajstić information content (AvgIpc) is 2.74. The number of hydrogen-bond acceptors (Lipinski definition) is 5. The van der Waals surface area contributed by atoms with Gasteiger partial charge in [0.2, 0.25) is 0 Å². The zero-order valence-electron chi connectivity index (χ0n) is 22.7. The van der Waals surface area contributed by atoms with Crippen molar-refractivity contribution < 1.29 is 23.2 Å². The topological polar surface area (TPSA) is 58.6 Å². The standard InChI is InChI=1S/C26H56NO4PS/c1-6-7-8-9-10-11-12-13-14-15-16-17-18-19-24-33-25-26(30-5)20-23-32(28,29)31-22-21-27(2,3)4/h26H,6-25H2,1-5H3/t26-/m0/s1. The molecule has 5 nitrogen and oxygen atoms in total. The lowest BCUT2D eigenvalue weighted by molar-refractivity contribution is -0.870. The molecule has 0 aliphatic heterocycles. The van der Waals surface area contributed by atoms with Crippen LogP contribution in [0.4, 0.5) is 0 Å². The second kappa shape index (κ2) is 21.7. The molecule has 0 heterocycles. The molecule has 0 amide bonds. The van der Waals surface area contributed by atoms with E-state index in [4.69, 9.17) is 9.26 Å². The Balaban J connectivity index is 3.53. The van der Waals surface area contributed by atoms with Crippen LogP contribution in [0, 0.1) is 0 Å². The van der Waals surface area contributed by atoms with Gasteiger partial charge in [-0.05, 0) is 18.6 Å². The van der Waals surface area contributed by atoms with Gasteiger partial charge in [0.05, 0.1) is 27.2 Å². The fourth-order valence-corrected chi connectivity index (χ4v) is 5.94. The van der Waals surface area contributed by atoms with Crippen molar-refractivity contribution in [3.8, 4) is 0 Å². The Morgan fingerprint density at radius 1 is 0.848 bits per heavy atom. The second-order valence-electron chi connectivity index (χ2n) is 10.5. The van der Waals surface area contributed by atoms with Crippen LogP contribution in [0.2, 0.25) is 0 Å². The highest BCUT2D eigenvalue weighted by molar-refractivity contribution is 7.99. The third kappa shape index (κ3) is 25.3. The zero-order chi connectivity index (χ0) is 24.8. The summed E-state index contributed by atoms with van der Waals surface area (Å²) in [5.74, 6) is 1.99. The van der Waals surface area contributed by atoms with Gasteiger partial charge in [0.15, 0.2) is 0 Å². The average molecular weight is 510 g/mol. The Hall–Kier alpha value is 0.420. The van der Waals surface area contributed by atoms with Crippen LogP contribution in [-0.4, -0.2) is 69.7 Å². The van der Waals surface area contributed by atoms with Crippen LogP contribution in [0.3, 0.4) is 0 Å². The van der Waals surface area contributed by atoms with E-state index in [0.29, 0.717) is 17.4 Å². The van der Waals surface area contributed by atoms with Crippen LogP contribution in [-0.2, 0) is 13.8 Å². The van der Waals surface area contributed by atoms with Gasteiger partial charge in [-0.25, -0.2) is 0 Å². The highest BCUT2D eigenvalue weighted by Gasteiger charge is 2.16. The molecule has 2 atom stereocenters. The minimum absolute atomic E-state index is 0.0223. The van der Waals surface area contributed by atoms with Crippen LogP contribution in [0.1, 0.15) is 103 Å². The van der Waals surface area contributed by atoms with Crippen molar-refractivity contribution in [3.05, 3.63) is 0 Å². The van der Waals surface area contributed by atoms with Crippen LogP contribution >= 0.6 is 19.4 Å². The highest BCUT2D eigenvalue weighted by atomic mass is 32.2. The van der Waals surface area contributed by atoms with Gasteiger partial charge in [0, 0.05) is 19.0 Å². The molecule has 0 bridgehead atoms. The molecule has 0 saturated heterocycles. The summed E-state index contributed by atoms with van der Waals surface area (Å²) in [5.41, 5.74) is 0. The van der Waals surface area contributed by atoms with E-state index in [0.717, 1.165) is 11.5 Å². The SMILES string of the molecule is CCCCCCCCCCCCCCCCSC[C@H](CCP(=O)([O-])OCC[N+](C)(C)C)OC. The van der Waals surface area contributed by atoms with E-state index in [9.17, 15) is 9.46 Å². The second-order valence-corrected chi connectivity index (χ2v) is 13.6. The Morgan fingerprint density at radius 2 is 1.33 bits per heavy atom. The van der Waals surface area contributed by atoms with Gasteiger partial charge < -0.3 is 23.2 Å². The summed E-state index contributed by atoms with van der Waals surface area (Å²) < 4.78 is 23.4. The summed E-state index contributed by atoms with van der Waals surface area (Å²) >= 11 is 1.88. The van der Waals surface area contributed by atoms with Gasteiger partial charge in [-0.3, -0.25) is 0 Å². The van der Waals surface area contributed by atoms with Gasteiger partial charge in [-0.1, -0.05) is 90.4 Å². The number of thioether (sulfide) groups is 1. The molecule has 0 saturated carbocycles. The van der Waals surface area contributed by atoms with Gasteiger partial charge >= 0.3 is 0 Å². The third-order valence-corrected chi connectivity index (χ3v) is 8.62. The molecular weight excluding hydrogens is 453 g/mol. The van der Waals surface area contributed by atoms with E-state index >= 15 is 0 Å². The summed E-state index contributed by atoms with van der Waals surface area (Å²) in [7, 11) is 3.97. The maximum absolute atomic E-state index is 12.1. The molecule has 0 fully saturated rings. The smallest absolute Gasteiger partial charge is 0.135 e. The van der Waals surface area contributed by atoms with Crippen molar-refractivity contribution in [2.45, 2.75) is 109 Å². The maximum Gasteiger partial charge on any atom is 0.135 e.